The van der Waals surface area contributed by atoms with E-state index in [2.05, 4.69) is 0 Å². The van der Waals surface area contributed by atoms with Crippen molar-refractivity contribution in [2.24, 2.45) is 11.8 Å². The molecule has 4 heteroatoms. The second-order valence-corrected chi connectivity index (χ2v) is 5.75. The first-order chi connectivity index (χ1) is 8.59. The predicted molar refractivity (Wildman–Crippen MR) is 68.1 cm³/mol. The summed E-state index contributed by atoms with van der Waals surface area (Å²) in [6.45, 7) is 2.09. The van der Waals surface area contributed by atoms with Crippen molar-refractivity contribution in [2.75, 3.05) is 6.54 Å². The number of rotatable bonds is 2. The Balaban J connectivity index is 2.01. The molecule has 0 aromatic carbocycles. The van der Waals surface area contributed by atoms with Gasteiger partial charge in [-0.3, -0.25) is 4.79 Å². The highest BCUT2D eigenvalue weighted by atomic mass is 16.4. The fraction of sp³-hybridized carbons (Fsp3) is 0.857. The standard InChI is InChI=1S/C14H23NO3/c1-10(16)15-8-7-12(9-13(15)14(17)18)11-5-3-2-4-6-11/h11-13H,2-9H2,1H3,(H,17,18)/t12-,13+/m1/s1. The van der Waals surface area contributed by atoms with E-state index in [1.165, 1.54) is 43.9 Å². The third-order valence-electron chi connectivity index (χ3n) is 4.65. The lowest BCUT2D eigenvalue weighted by Crippen LogP contribution is -2.50. The fourth-order valence-electron chi connectivity index (χ4n) is 3.64. The maximum absolute atomic E-state index is 11.5. The van der Waals surface area contributed by atoms with Gasteiger partial charge >= 0.3 is 5.97 Å². The van der Waals surface area contributed by atoms with Crippen LogP contribution in [0.5, 0.6) is 0 Å². The van der Waals surface area contributed by atoms with Crippen molar-refractivity contribution in [3.05, 3.63) is 0 Å². The van der Waals surface area contributed by atoms with Crippen molar-refractivity contribution < 1.29 is 14.7 Å². The maximum atomic E-state index is 11.5. The van der Waals surface area contributed by atoms with E-state index in [-0.39, 0.29) is 5.91 Å². The minimum atomic E-state index is -0.842. The quantitative estimate of drug-likeness (QED) is 0.821. The zero-order valence-corrected chi connectivity index (χ0v) is 11.1. The molecule has 102 valence electrons. The summed E-state index contributed by atoms with van der Waals surface area (Å²) in [5, 5.41) is 9.28. The summed E-state index contributed by atoms with van der Waals surface area (Å²) in [4.78, 5) is 24.3. The van der Waals surface area contributed by atoms with Crippen LogP contribution < -0.4 is 0 Å². The largest absolute Gasteiger partial charge is 0.480 e. The van der Waals surface area contributed by atoms with Crippen LogP contribution in [0.4, 0.5) is 0 Å². The predicted octanol–water partition coefficient (Wildman–Crippen LogP) is 2.28. The van der Waals surface area contributed by atoms with E-state index in [4.69, 9.17) is 0 Å². The third-order valence-corrected chi connectivity index (χ3v) is 4.65. The van der Waals surface area contributed by atoms with Gasteiger partial charge in [-0.05, 0) is 24.7 Å². The maximum Gasteiger partial charge on any atom is 0.326 e. The first-order valence-corrected chi connectivity index (χ1v) is 7.09. The van der Waals surface area contributed by atoms with Crippen LogP contribution in [0, 0.1) is 11.8 Å². The molecule has 0 aromatic rings. The summed E-state index contributed by atoms with van der Waals surface area (Å²) in [5.74, 6) is 0.243. The molecule has 0 aromatic heterocycles. The molecule has 0 spiro atoms. The topological polar surface area (TPSA) is 57.6 Å². The Morgan fingerprint density at radius 1 is 1.06 bits per heavy atom. The SMILES string of the molecule is CC(=O)N1CC[C@@H](C2CCCCC2)C[C@H]1C(=O)O. The van der Waals surface area contributed by atoms with Crippen LogP contribution in [0.15, 0.2) is 0 Å². The Hall–Kier alpha value is -1.06. The normalized spacial score (nSPS) is 30.2. The number of carboxylic acid groups (broad SMARTS) is 1. The summed E-state index contributed by atoms with van der Waals surface area (Å²) in [5.41, 5.74) is 0. The van der Waals surface area contributed by atoms with Gasteiger partial charge in [0, 0.05) is 13.5 Å². The number of carbonyl (C=O) groups is 2. The van der Waals surface area contributed by atoms with Gasteiger partial charge in [0.05, 0.1) is 0 Å². The van der Waals surface area contributed by atoms with E-state index in [0.29, 0.717) is 24.8 Å². The average molecular weight is 253 g/mol. The second-order valence-electron chi connectivity index (χ2n) is 5.75. The average Bonchev–Trinajstić information content (AvgIpc) is 2.39. The molecule has 1 aliphatic carbocycles. The molecule has 2 atom stereocenters. The lowest BCUT2D eigenvalue weighted by atomic mass is 9.74. The van der Waals surface area contributed by atoms with Crippen LogP contribution in [-0.2, 0) is 9.59 Å². The van der Waals surface area contributed by atoms with Crippen molar-refractivity contribution in [3.63, 3.8) is 0 Å². The minimum Gasteiger partial charge on any atom is -0.480 e. The Labute approximate surface area is 108 Å². The second kappa shape index (κ2) is 5.72. The summed E-state index contributed by atoms with van der Waals surface area (Å²) < 4.78 is 0. The van der Waals surface area contributed by atoms with E-state index in [1.54, 1.807) is 0 Å². The molecule has 0 unspecified atom stereocenters. The number of hydrogen-bond acceptors (Lipinski definition) is 2. The minimum absolute atomic E-state index is 0.107. The van der Waals surface area contributed by atoms with E-state index in [1.807, 2.05) is 0 Å². The highest BCUT2D eigenvalue weighted by molar-refractivity contribution is 5.82. The number of carbonyl (C=O) groups excluding carboxylic acids is 1. The number of hydrogen-bond donors (Lipinski definition) is 1. The first-order valence-electron chi connectivity index (χ1n) is 7.09. The lowest BCUT2D eigenvalue weighted by Gasteiger charge is -2.40. The molecule has 2 rings (SSSR count). The fourth-order valence-corrected chi connectivity index (χ4v) is 3.64. The zero-order valence-electron chi connectivity index (χ0n) is 11.1. The van der Waals surface area contributed by atoms with E-state index >= 15 is 0 Å². The zero-order chi connectivity index (χ0) is 13.1. The van der Waals surface area contributed by atoms with Gasteiger partial charge in [0.25, 0.3) is 0 Å². The van der Waals surface area contributed by atoms with Crippen LogP contribution >= 0.6 is 0 Å². The van der Waals surface area contributed by atoms with Crippen LogP contribution in [0.2, 0.25) is 0 Å². The van der Waals surface area contributed by atoms with Crippen molar-refractivity contribution in [1.29, 1.82) is 0 Å². The number of piperidine rings is 1. The number of aliphatic carboxylic acids is 1. The van der Waals surface area contributed by atoms with Crippen LogP contribution in [0.1, 0.15) is 51.9 Å². The molecule has 1 aliphatic heterocycles. The molecule has 0 radical (unpaired) electrons. The molecule has 1 saturated heterocycles. The van der Waals surface area contributed by atoms with Crippen LogP contribution in [0.3, 0.4) is 0 Å². The first kappa shape index (κ1) is 13.4. The van der Waals surface area contributed by atoms with E-state index < -0.39 is 12.0 Å². The number of carboxylic acids is 1. The van der Waals surface area contributed by atoms with Crippen molar-refractivity contribution in [2.45, 2.75) is 57.9 Å². The summed E-state index contributed by atoms with van der Waals surface area (Å²) in [6.07, 6.45) is 8.03. The van der Waals surface area contributed by atoms with Gasteiger partial charge in [-0.2, -0.15) is 0 Å². The number of amides is 1. The molecular weight excluding hydrogens is 230 g/mol. The number of nitrogens with zero attached hydrogens (tertiary/aromatic N) is 1. The number of likely N-dealkylation sites (tertiary alicyclic amines) is 1. The van der Waals surface area contributed by atoms with Gasteiger partial charge in [-0.25, -0.2) is 4.79 Å². The Morgan fingerprint density at radius 3 is 2.28 bits per heavy atom. The molecule has 2 aliphatic rings. The highest BCUT2D eigenvalue weighted by Crippen LogP contribution is 2.37. The molecule has 2 fully saturated rings. The Morgan fingerprint density at radius 2 is 1.72 bits per heavy atom. The van der Waals surface area contributed by atoms with Crippen molar-refractivity contribution in [1.82, 2.24) is 4.90 Å². The monoisotopic (exact) mass is 253 g/mol. The molecule has 18 heavy (non-hydrogen) atoms. The summed E-state index contributed by atoms with van der Waals surface area (Å²) in [7, 11) is 0. The van der Waals surface area contributed by atoms with Gasteiger partial charge in [0.15, 0.2) is 0 Å². The lowest BCUT2D eigenvalue weighted by molar-refractivity contribution is -0.152. The van der Waals surface area contributed by atoms with Gasteiger partial charge < -0.3 is 10.0 Å². The van der Waals surface area contributed by atoms with E-state index in [0.717, 1.165) is 6.42 Å². The Bertz CT molecular complexity index is 323. The van der Waals surface area contributed by atoms with Crippen molar-refractivity contribution in [3.8, 4) is 0 Å². The van der Waals surface area contributed by atoms with Crippen molar-refractivity contribution >= 4 is 11.9 Å². The molecule has 1 amide bonds. The van der Waals surface area contributed by atoms with Gasteiger partial charge in [-0.15, -0.1) is 0 Å². The molecular formula is C14H23NO3. The van der Waals surface area contributed by atoms with Crippen LogP contribution in [0.25, 0.3) is 0 Å². The molecule has 0 bridgehead atoms. The molecule has 1 heterocycles. The van der Waals surface area contributed by atoms with Gasteiger partial charge in [0.1, 0.15) is 6.04 Å². The third kappa shape index (κ3) is 2.85. The molecule has 1 saturated carbocycles. The van der Waals surface area contributed by atoms with E-state index in [9.17, 15) is 14.7 Å². The smallest absolute Gasteiger partial charge is 0.326 e. The van der Waals surface area contributed by atoms with Crippen LogP contribution in [-0.4, -0.2) is 34.5 Å². The molecule has 4 nitrogen and oxygen atoms in total. The van der Waals surface area contributed by atoms with Gasteiger partial charge in [0.2, 0.25) is 5.91 Å². The van der Waals surface area contributed by atoms with Gasteiger partial charge in [-0.1, -0.05) is 32.1 Å². The summed E-state index contributed by atoms with van der Waals surface area (Å²) in [6, 6.07) is -0.594. The Kier molecular flexibility index (Phi) is 4.25. The summed E-state index contributed by atoms with van der Waals surface area (Å²) >= 11 is 0. The molecule has 1 N–H and O–H groups in total. The highest BCUT2D eigenvalue weighted by Gasteiger charge is 2.37.